The highest BCUT2D eigenvalue weighted by Gasteiger charge is 1.85. The van der Waals surface area contributed by atoms with Crippen LogP contribution in [0.3, 0.4) is 0 Å². The number of nitrogens with zero attached hydrogens (tertiary/aromatic N) is 7. The fraction of sp³-hybridized carbons (Fsp3) is 0.521. The zero-order chi connectivity index (χ0) is 41.8. The van der Waals surface area contributed by atoms with Gasteiger partial charge in [-0.2, -0.15) is 0 Å². The molecule has 0 saturated carbocycles. The quantitative estimate of drug-likeness (QED) is 0.176. The van der Waals surface area contributed by atoms with Gasteiger partial charge in [-0.15, -0.1) is 0 Å². The van der Waals surface area contributed by atoms with E-state index in [1.165, 1.54) is 35.8 Å². The molecule has 5 rings (SSSR count). The van der Waals surface area contributed by atoms with Crippen LogP contribution < -0.4 is 0 Å². The fourth-order valence-corrected chi connectivity index (χ4v) is 2.90. The number of hydrogen-bond acceptors (Lipinski definition) is 7. The second kappa shape index (κ2) is 67.7. The molecule has 0 spiro atoms. The average molecular weight is 764 g/mol. The Balaban J connectivity index is -0.0000000771. The molecule has 0 atom stereocenters. The van der Waals surface area contributed by atoms with Crippen LogP contribution in [-0.4, -0.2) is 34.9 Å². The van der Waals surface area contributed by atoms with Gasteiger partial charge < -0.3 is 0 Å². The van der Waals surface area contributed by atoms with E-state index in [4.69, 9.17) is 0 Å². The first-order valence-electron chi connectivity index (χ1n) is 20.3. The Morgan fingerprint density at radius 3 is 1.00 bits per heavy atom. The van der Waals surface area contributed by atoms with E-state index in [2.05, 4.69) is 99.8 Å². The molecule has 55 heavy (non-hydrogen) atoms. The van der Waals surface area contributed by atoms with Crippen molar-refractivity contribution in [2.24, 2.45) is 0 Å². The van der Waals surface area contributed by atoms with Crippen LogP contribution in [0.4, 0.5) is 0 Å². The molecule has 0 N–H and O–H groups in total. The Morgan fingerprint density at radius 2 is 0.727 bits per heavy atom. The predicted octanol–water partition coefficient (Wildman–Crippen LogP) is 14.8. The summed E-state index contributed by atoms with van der Waals surface area (Å²) in [5, 5.41) is 0. The molecule has 0 amide bonds. The predicted molar refractivity (Wildman–Crippen MR) is 250 cm³/mol. The van der Waals surface area contributed by atoms with Gasteiger partial charge in [0.05, 0.1) is 0 Å². The van der Waals surface area contributed by atoms with Gasteiger partial charge in [-0.25, -0.2) is 24.9 Å². The molecule has 5 aromatic rings. The standard InChI is InChI=1S/C8H10.2C7H9N.C6H8N2.C5H7N3.C3H8.5C2H6.2CH4/c1-2-8-6-4-3-5-7-8;1-2-7-3-5-8-6-4-7;1-2-7-4-3-5-8-6-7;1-2-6-7-4-3-5-8-6;1-2-5-7-3-6-4-8-5;1-3-2;5*1-2;;/h3-7H,2H2,1H3;2*3-6H,2H2,1H3;3-5H,2H2,1H3;3-4H,2H2,1H3;3H2,1-2H3;5*1-2H3;2*1H4. The van der Waals surface area contributed by atoms with Crippen LogP contribution in [0.1, 0.15) is 167 Å². The molecule has 0 unspecified atom stereocenters. The summed E-state index contributed by atoms with van der Waals surface area (Å²) in [4.78, 5) is 27.2. The Hall–Kier alpha value is -4.39. The summed E-state index contributed by atoms with van der Waals surface area (Å²) in [6.07, 6.45) is 20.2. The molecule has 0 aliphatic heterocycles. The molecule has 1 aromatic carbocycles. The Kier molecular flexibility index (Phi) is 84.5. The molecular formula is C48H89N7. The van der Waals surface area contributed by atoms with Crippen molar-refractivity contribution in [2.45, 2.75) is 171 Å². The minimum absolute atomic E-state index is 0. The van der Waals surface area contributed by atoms with Crippen LogP contribution in [0.2, 0.25) is 0 Å². The number of hydrogen-bond donors (Lipinski definition) is 0. The van der Waals surface area contributed by atoms with E-state index in [0.717, 1.165) is 43.8 Å². The maximum Gasteiger partial charge on any atom is 0.131 e. The summed E-state index contributed by atoms with van der Waals surface area (Å²) >= 11 is 0. The molecule has 316 valence electrons. The topological polar surface area (TPSA) is 90.2 Å². The number of benzene rings is 1. The molecule has 4 heterocycles. The van der Waals surface area contributed by atoms with Gasteiger partial charge in [-0.05, 0) is 60.2 Å². The number of aryl methyl sites for hydroxylation is 5. The molecule has 0 saturated heterocycles. The van der Waals surface area contributed by atoms with E-state index in [9.17, 15) is 0 Å². The van der Waals surface area contributed by atoms with Crippen molar-refractivity contribution in [3.8, 4) is 0 Å². The molecule has 0 aliphatic rings. The minimum Gasteiger partial charge on any atom is -0.265 e. The van der Waals surface area contributed by atoms with Crippen LogP contribution in [-0.2, 0) is 32.1 Å². The SMILES string of the molecule is C.C.CC.CC.CC.CC.CC.CCC.CCc1ccccc1.CCc1cccnc1.CCc1ccncc1.CCc1ncccn1.CCc1ncncn1. The first kappa shape index (κ1) is 68.6. The molecule has 7 nitrogen and oxygen atoms in total. The third-order valence-electron chi connectivity index (χ3n) is 5.34. The van der Waals surface area contributed by atoms with Crippen LogP contribution in [0.25, 0.3) is 0 Å². The minimum atomic E-state index is 0. The van der Waals surface area contributed by atoms with Gasteiger partial charge in [0.15, 0.2) is 0 Å². The fourth-order valence-electron chi connectivity index (χ4n) is 2.90. The van der Waals surface area contributed by atoms with E-state index in [1.54, 1.807) is 18.6 Å². The van der Waals surface area contributed by atoms with Gasteiger partial charge in [-0.3, -0.25) is 9.97 Å². The van der Waals surface area contributed by atoms with Crippen molar-refractivity contribution < 1.29 is 0 Å². The lowest BCUT2D eigenvalue weighted by atomic mass is 10.2. The molecule has 0 aliphatic carbocycles. The molecule has 0 bridgehead atoms. The van der Waals surface area contributed by atoms with Crippen molar-refractivity contribution >= 4 is 0 Å². The van der Waals surface area contributed by atoms with Gasteiger partial charge in [0.1, 0.15) is 24.3 Å². The summed E-state index contributed by atoms with van der Waals surface area (Å²) in [6.45, 7) is 34.7. The van der Waals surface area contributed by atoms with E-state index in [0.29, 0.717) is 0 Å². The van der Waals surface area contributed by atoms with Crippen LogP contribution in [0.5, 0.6) is 0 Å². The summed E-state index contributed by atoms with van der Waals surface area (Å²) in [5.74, 6) is 1.76. The van der Waals surface area contributed by atoms with Gasteiger partial charge in [0.2, 0.25) is 0 Å². The van der Waals surface area contributed by atoms with Gasteiger partial charge >= 0.3 is 0 Å². The molecule has 7 heteroatoms. The van der Waals surface area contributed by atoms with E-state index >= 15 is 0 Å². The summed E-state index contributed by atoms with van der Waals surface area (Å²) in [6, 6.07) is 20.4. The lowest BCUT2D eigenvalue weighted by molar-refractivity contribution is 0.896. The number of pyridine rings is 2. The highest BCUT2D eigenvalue weighted by Crippen LogP contribution is 1.97. The maximum absolute atomic E-state index is 3.99. The maximum atomic E-state index is 3.99. The number of aromatic nitrogens is 7. The Bertz CT molecular complexity index is 983. The smallest absolute Gasteiger partial charge is 0.131 e. The third kappa shape index (κ3) is 54.1. The molecule has 0 radical (unpaired) electrons. The second-order valence-electron chi connectivity index (χ2n) is 8.90. The van der Waals surface area contributed by atoms with Crippen molar-refractivity contribution in [1.29, 1.82) is 0 Å². The summed E-state index contributed by atoms with van der Waals surface area (Å²) < 4.78 is 0. The van der Waals surface area contributed by atoms with Crippen LogP contribution >= 0.6 is 0 Å². The van der Waals surface area contributed by atoms with Gasteiger partial charge in [0.25, 0.3) is 0 Å². The van der Waals surface area contributed by atoms with Gasteiger partial charge in [0, 0.05) is 50.0 Å². The van der Waals surface area contributed by atoms with E-state index < -0.39 is 0 Å². The molecule has 0 fully saturated rings. The lowest BCUT2D eigenvalue weighted by Crippen LogP contribution is -1.90. The molecular weight excluding hydrogens is 675 g/mol. The summed E-state index contributed by atoms with van der Waals surface area (Å²) in [7, 11) is 0. The monoisotopic (exact) mass is 764 g/mol. The summed E-state index contributed by atoms with van der Waals surface area (Å²) in [5.41, 5.74) is 4.06. The van der Waals surface area contributed by atoms with E-state index in [1.807, 2.05) is 132 Å². The second-order valence-corrected chi connectivity index (χ2v) is 8.90. The first-order valence-corrected chi connectivity index (χ1v) is 20.3. The third-order valence-corrected chi connectivity index (χ3v) is 5.34. The van der Waals surface area contributed by atoms with Crippen molar-refractivity contribution in [3.05, 3.63) is 139 Å². The Morgan fingerprint density at radius 1 is 0.345 bits per heavy atom. The average Bonchev–Trinajstić information content (AvgIpc) is 3.29. The number of rotatable bonds is 5. The normalized spacial score (nSPS) is 7.51. The zero-order valence-electron chi connectivity index (χ0n) is 37.3. The highest BCUT2D eigenvalue weighted by atomic mass is 15.0. The van der Waals surface area contributed by atoms with Crippen molar-refractivity contribution in [2.75, 3.05) is 0 Å². The van der Waals surface area contributed by atoms with Crippen molar-refractivity contribution in [3.63, 3.8) is 0 Å². The first-order chi connectivity index (χ1) is 26.1. The largest absolute Gasteiger partial charge is 0.265 e. The van der Waals surface area contributed by atoms with Crippen LogP contribution in [0.15, 0.2) is 110 Å². The van der Waals surface area contributed by atoms with Crippen LogP contribution in [0, 0.1) is 0 Å². The Labute approximate surface area is 343 Å². The van der Waals surface area contributed by atoms with Crippen molar-refractivity contribution in [1.82, 2.24) is 34.9 Å². The lowest BCUT2D eigenvalue weighted by Gasteiger charge is -1.89. The zero-order valence-corrected chi connectivity index (χ0v) is 37.3. The van der Waals surface area contributed by atoms with E-state index in [-0.39, 0.29) is 14.9 Å². The molecule has 4 aromatic heterocycles. The van der Waals surface area contributed by atoms with Gasteiger partial charge in [-0.1, -0.05) is 175 Å². The highest BCUT2D eigenvalue weighted by molar-refractivity contribution is 5.14.